The van der Waals surface area contributed by atoms with Crippen LogP contribution in [0.2, 0.25) is 0 Å². The van der Waals surface area contributed by atoms with Gasteiger partial charge in [-0.2, -0.15) is 0 Å². The number of carboxylic acids is 2. The number of carboxylic acid groups (broad SMARTS) is 2. The monoisotopic (exact) mass is 338 g/mol. The van der Waals surface area contributed by atoms with Gasteiger partial charge in [-0.15, -0.1) is 0 Å². The highest BCUT2D eigenvalue weighted by molar-refractivity contribution is 5.77. The molecule has 0 aliphatic heterocycles. The highest BCUT2D eigenvalue weighted by Gasteiger charge is 2.18. The lowest BCUT2D eigenvalue weighted by molar-refractivity contribution is -0.148. The summed E-state index contributed by atoms with van der Waals surface area (Å²) in [6, 6.07) is 0. The van der Waals surface area contributed by atoms with Gasteiger partial charge in [-0.05, 0) is 19.3 Å². The zero-order chi connectivity index (χ0) is 18.0. The van der Waals surface area contributed by atoms with Gasteiger partial charge in [-0.1, -0.05) is 82.6 Å². The van der Waals surface area contributed by atoms with Crippen LogP contribution in [0.4, 0.5) is 0 Å². The quantitative estimate of drug-likeness (QED) is 0.284. The average molecular weight is 338 g/mol. The van der Waals surface area contributed by atoms with Crippen LogP contribution in [0, 0.1) is 5.92 Å². The Hall–Kier alpha value is -1.58. The molecule has 0 spiro atoms. The Kier molecular flexibility index (Phi) is 15.2. The molecule has 0 bridgehead atoms. The van der Waals surface area contributed by atoms with E-state index in [-0.39, 0.29) is 12.8 Å². The molecule has 1 unspecified atom stereocenters. The van der Waals surface area contributed by atoms with E-state index < -0.39 is 17.9 Å². The molecule has 0 aromatic heterocycles. The van der Waals surface area contributed by atoms with Crippen molar-refractivity contribution in [1.29, 1.82) is 0 Å². The van der Waals surface area contributed by atoms with E-state index in [4.69, 9.17) is 10.2 Å². The number of hydrogen-bond donors (Lipinski definition) is 2. The van der Waals surface area contributed by atoms with Crippen molar-refractivity contribution in [1.82, 2.24) is 0 Å². The molecular formula is C20H34O4. The number of rotatable bonds is 16. The summed E-state index contributed by atoms with van der Waals surface area (Å²) in [6.45, 7) is 2.24. The van der Waals surface area contributed by atoms with Crippen LogP contribution < -0.4 is 0 Å². The normalized spacial score (nSPS) is 12.9. The van der Waals surface area contributed by atoms with E-state index >= 15 is 0 Å². The van der Waals surface area contributed by atoms with Crippen molar-refractivity contribution in [3.63, 3.8) is 0 Å². The molecule has 1 atom stereocenters. The fourth-order valence-corrected chi connectivity index (χ4v) is 2.55. The van der Waals surface area contributed by atoms with Gasteiger partial charge >= 0.3 is 11.9 Å². The van der Waals surface area contributed by atoms with Crippen molar-refractivity contribution in [2.45, 2.75) is 84.0 Å². The molecule has 24 heavy (non-hydrogen) atoms. The number of carbonyl (C=O) groups is 2. The van der Waals surface area contributed by atoms with Crippen LogP contribution in [0.1, 0.15) is 84.0 Å². The summed E-state index contributed by atoms with van der Waals surface area (Å²) in [5.41, 5.74) is 0. The van der Waals surface area contributed by atoms with Gasteiger partial charge in [-0.3, -0.25) is 9.59 Å². The highest BCUT2D eigenvalue weighted by Crippen LogP contribution is 2.11. The molecule has 0 amide bonds. The molecule has 0 radical (unpaired) electrons. The molecular weight excluding hydrogens is 304 g/mol. The van der Waals surface area contributed by atoms with E-state index in [1.807, 2.05) is 12.2 Å². The number of allylic oxidation sites excluding steroid dienone is 4. The van der Waals surface area contributed by atoms with E-state index in [2.05, 4.69) is 13.0 Å². The van der Waals surface area contributed by atoms with E-state index in [0.29, 0.717) is 0 Å². The predicted molar refractivity (Wildman–Crippen MR) is 98.1 cm³/mol. The molecule has 2 N–H and O–H groups in total. The van der Waals surface area contributed by atoms with Gasteiger partial charge in [-0.25, -0.2) is 0 Å². The molecule has 0 rings (SSSR count). The number of hydrogen-bond acceptors (Lipinski definition) is 2. The third-order valence-electron chi connectivity index (χ3n) is 4.05. The lowest BCUT2D eigenvalue weighted by atomic mass is 10.0. The van der Waals surface area contributed by atoms with Crippen LogP contribution >= 0.6 is 0 Å². The molecule has 0 saturated carbocycles. The number of aliphatic carboxylic acids is 2. The zero-order valence-electron chi connectivity index (χ0n) is 15.1. The van der Waals surface area contributed by atoms with Gasteiger partial charge in [0.05, 0.1) is 12.3 Å². The van der Waals surface area contributed by atoms with Crippen molar-refractivity contribution in [2.24, 2.45) is 5.92 Å². The van der Waals surface area contributed by atoms with Gasteiger partial charge in [0.2, 0.25) is 0 Å². The molecule has 0 aromatic rings. The van der Waals surface area contributed by atoms with Crippen molar-refractivity contribution in [2.75, 3.05) is 0 Å². The van der Waals surface area contributed by atoms with E-state index in [1.54, 1.807) is 6.08 Å². The minimum absolute atomic E-state index is 0.254. The summed E-state index contributed by atoms with van der Waals surface area (Å²) in [4.78, 5) is 21.4. The fraction of sp³-hybridized carbons (Fsp3) is 0.700. The SMILES string of the molecule is CCCCCCCCCCC/C=C/C=C/CC(CC(=O)O)C(=O)O. The Morgan fingerprint density at radius 1 is 0.833 bits per heavy atom. The largest absolute Gasteiger partial charge is 0.481 e. The first-order valence-electron chi connectivity index (χ1n) is 9.34. The van der Waals surface area contributed by atoms with Crippen LogP contribution in [0.15, 0.2) is 24.3 Å². The third-order valence-corrected chi connectivity index (χ3v) is 4.05. The molecule has 0 aliphatic rings. The molecule has 138 valence electrons. The molecule has 0 aromatic carbocycles. The second-order valence-corrected chi connectivity index (χ2v) is 6.34. The lowest BCUT2D eigenvalue weighted by Gasteiger charge is -2.05. The highest BCUT2D eigenvalue weighted by atomic mass is 16.4. The summed E-state index contributed by atoms with van der Waals surface area (Å²) in [5.74, 6) is -2.97. The minimum atomic E-state index is -1.07. The fourth-order valence-electron chi connectivity index (χ4n) is 2.55. The first kappa shape index (κ1) is 22.4. The first-order valence-corrected chi connectivity index (χ1v) is 9.34. The summed E-state index contributed by atoms with van der Waals surface area (Å²) in [6.07, 6.45) is 20.4. The smallest absolute Gasteiger partial charge is 0.307 e. The summed E-state index contributed by atoms with van der Waals surface area (Å²) in [7, 11) is 0. The Morgan fingerprint density at radius 2 is 1.38 bits per heavy atom. The van der Waals surface area contributed by atoms with Crippen LogP contribution in [-0.2, 0) is 9.59 Å². The Labute approximate surface area is 146 Å². The van der Waals surface area contributed by atoms with Crippen LogP contribution in [0.25, 0.3) is 0 Å². The molecule has 4 heteroatoms. The van der Waals surface area contributed by atoms with Crippen molar-refractivity contribution in [3.8, 4) is 0 Å². The third kappa shape index (κ3) is 15.3. The number of unbranched alkanes of at least 4 members (excludes halogenated alkanes) is 9. The molecule has 0 fully saturated rings. The summed E-state index contributed by atoms with van der Waals surface area (Å²) in [5, 5.41) is 17.6. The Balaban J connectivity index is 3.57. The molecule has 4 nitrogen and oxygen atoms in total. The van der Waals surface area contributed by atoms with Gasteiger partial charge < -0.3 is 10.2 Å². The van der Waals surface area contributed by atoms with Crippen LogP contribution in [-0.4, -0.2) is 22.2 Å². The van der Waals surface area contributed by atoms with Crippen molar-refractivity contribution in [3.05, 3.63) is 24.3 Å². The van der Waals surface area contributed by atoms with E-state index in [0.717, 1.165) is 6.42 Å². The summed E-state index contributed by atoms with van der Waals surface area (Å²) >= 11 is 0. The van der Waals surface area contributed by atoms with Crippen molar-refractivity contribution < 1.29 is 19.8 Å². The molecule has 0 aliphatic carbocycles. The first-order chi connectivity index (χ1) is 11.6. The van der Waals surface area contributed by atoms with E-state index in [1.165, 1.54) is 57.8 Å². The molecule has 0 saturated heterocycles. The van der Waals surface area contributed by atoms with Crippen LogP contribution in [0.3, 0.4) is 0 Å². The maximum absolute atomic E-state index is 10.9. The van der Waals surface area contributed by atoms with Gasteiger partial charge in [0, 0.05) is 0 Å². The Morgan fingerprint density at radius 3 is 1.92 bits per heavy atom. The Bertz CT molecular complexity index is 385. The van der Waals surface area contributed by atoms with Crippen molar-refractivity contribution >= 4 is 11.9 Å². The minimum Gasteiger partial charge on any atom is -0.481 e. The second kappa shape index (κ2) is 16.3. The summed E-state index contributed by atoms with van der Waals surface area (Å²) < 4.78 is 0. The molecule has 0 heterocycles. The van der Waals surface area contributed by atoms with Gasteiger partial charge in [0.25, 0.3) is 0 Å². The van der Waals surface area contributed by atoms with E-state index in [9.17, 15) is 9.59 Å². The maximum Gasteiger partial charge on any atom is 0.307 e. The average Bonchev–Trinajstić information content (AvgIpc) is 2.53. The standard InChI is InChI=1S/C20H34O4/c1-2-3-4-5-6-7-8-9-10-11-12-13-14-15-16-18(20(23)24)17-19(21)22/h12-15,18H,2-11,16-17H2,1H3,(H,21,22)(H,23,24)/b13-12+,15-14+. The van der Waals surface area contributed by atoms with Crippen LogP contribution in [0.5, 0.6) is 0 Å². The zero-order valence-corrected chi connectivity index (χ0v) is 15.1. The van der Waals surface area contributed by atoms with Gasteiger partial charge in [0.1, 0.15) is 0 Å². The predicted octanol–water partition coefficient (Wildman–Crippen LogP) is 5.59. The van der Waals surface area contributed by atoms with Gasteiger partial charge in [0.15, 0.2) is 0 Å². The topological polar surface area (TPSA) is 74.6 Å². The maximum atomic E-state index is 10.9. The lowest BCUT2D eigenvalue weighted by Crippen LogP contribution is -2.16. The second-order valence-electron chi connectivity index (χ2n) is 6.34.